The van der Waals surface area contributed by atoms with E-state index in [9.17, 15) is 4.79 Å². The van der Waals surface area contributed by atoms with Gasteiger partial charge in [-0.15, -0.1) is 0 Å². The van der Waals surface area contributed by atoms with Crippen molar-refractivity contribution in [2.75, 3.05) is 26.2 Å². The molecule has 1 saturated heterocycles. The first-order valence-corrected chi connectivity index (χ1v) is 8.98. The summed E-state index contributed by atoms with van der Waals surface area (Å²) in [5.41, 5.74) is 2.76. The van der Waals surface area contributed by atoms with E-state index in [0.717, 1.165) is 55.3 Å². The van der Waals surface area contributed by atoms with Crippen LogP contribution in [0.5, 0.6) is 0 Å². The molecule has 26 heavy (non-hydrogen) atoms. The number of quaternary nitrogens is 1. The fourth-order valence-electron chi connectivity index (χ4n) is 3.36. The first kappa shape index (κ1) is 16.5. The van der Waals surface area contributed by atoms with E-state index in [4.69, 9.17) is 4.52 Å². The Morgan fingerprint density at radius 2 is 1.65 bits per heavy atom. The standard InChI is InChI=1S/C21H21N3O2/c25-21(18-9-5-2-6-10-18)24-13-11-23(12-14-24)16-19-15-20(26-22-19)17-7-3-1-4-8-17/h1-10,15H,11-14,16H2/p+1. The van der Waals surface area contributed by atoms with E-state index in [1.165, 1.54) is 4.90 Å². The lowest BCUT2D eigenvalue weighted by Crippen LogP contribution is -3.13. The zero-order valence-electron chi connectivity index (χ0n) is 14.6. The van der Waals surface area contributed by atoms with Crippen molar-refractivity contribution < 1.29 is 14.2 Å². The molecule has 1 aliphatic heterocycles. The highest BCUT2D eigenvalue weighted by atomic mass is 16.5. The third-order valence-corrected chi connectivity index (χ3v) is 4.83. The maximum absolute atomic E-state index is 12.5. The lowest BCUT2D eigenvalue weighted by atomic mass is 10.1. The van der Waals surface area contributed by atoms with Gasteiger partial charge in [0.05, 0.1) is 26.2 Å². The average molecular weight is 348 g/mol. The molecule has 2 aromatic carbocycles. The summed E-state index contributed by atoms with van der Waals surface area (Å²) >= 11 is 0. The summed E-state index contributed by atoms with van der Waals surface area (Å²) in [6.45, 7) is 4.21. The summed E-state index contributed by atoms with van der Waals surface area (Å²) in [4.78, 5) is 15.9. The van der Waals surface area contributed by atoms with Crippen molar-refractivity contribution in [2.24, 2.45) is 0 Å². The van der Waals surface area contributed by atoms with Crippen LogP contribution in [-0.4, -0.2) is 42.1 Å². The number of carbonyl (C=O) groups is 1. The van der Waals surface area contributed by atoms with Crippen LogP contribution < -0.4 is 4.90 Å². The molecular formula is C21H22N3O2+. The summed E-state index contributed by atoms with van der Waals surface area (Å²) in [7, 11) is 0. The van der Waals surface area contributed by atoms with E-state index in [-0.39, 0.29) is 5.91 Å². The van der Waals surface area contributed by atoms with Crippen molar-refractivity contribution >= 4 is 5.91 Å². The lowest BCUT2D eigenvalue weighted by Gasteiger charge is -2.31. The van der Waals surface area contributed by atoms with Crippen LogP contribution in [-0.2, 0) is 6.54 Å². The molecule has 0 bridgehead atoms. The normalized spacial score (nSPS) is 15.2. The predicted octanol–water partition coefficient (Wildman–Crippen LogP) is 1.88. The number of hydrogen-bond donors (Lipinski definition) is 1. The molecular weight excluding hydrogens is 326 g/mol. The van der Waals surface area contributed by atoms with Crippen LogP contribution in [0.3, 0.4) is 0 Å². The molecule has 0 spiro atoms. The molecule has 1 aliphatic rings. The highest BCUT2D eigenvalue weighted by Crippen LogP contribution is 2.19. The SMILES string of the molecule is O=C(c1ccccc1)N1CC[NH+](Cc2cc(-c3ccccc3)on2)CC1. The van der Waals surface area contributed by atoms with Crippen LogP contribution in [0.1, 0.15) is 16.1 Å². The first-order chi connectivity index (χ1) is 12.8. The fourth-order valence-corrected chi connectivity index (χ4v) is 3.36. The Morgan fingerprint density at radius 3 is 2.35 bits per heavy atom. The molecule has 132 valence electrons. The molecule has 5 nitrogen and oxygen atoms in total. The molecule has 1 aromatic heterocycles. The van der Waals surface area contributed by atoms with E-state index in [1.54, 1.807) is 0 Å². The molecule has 0 saturated carbocycles. The Kier molecular flexibility index (Phi) is 4.80. The van der Waals surface area contributed by atoms with Gasteiger partial charge in [0.2, 0.25) is 0 Å². The van der Waals surface area contributed by atoms with E-state index in [2.05, 4.69) is 5.16 Å². The van der Waals surface area contributed by atoms with E-state index < -0.39 is 0 Å². The fraction of sp³-hybridized carbons (Fsp3) is 0.238. The number of nitrogens with zero attached hydrogens (tertiary/aromatic N) is 2. The number of carbonyl (C=O) groups excluding carboxylic acids is 1. The molecule has 0 aliphatic carbocycles. The van der Waals surface area contributed by atoms with Gasteiger partial charge in [0.1, 0.15) is 12.2 Å². The minimum atomic E-state index is 0.123. The van der Waals surface area contributed by atoms with Crippen molar-refractivity contribution in [3.63, 3.8) is 0 Å². The summed E-state index contributed by atoms with van der Waals surface area (Å²) in [6, 6.07) is 21.5. The highest BCUT2D eigenvalue weighted by molar-refractivity contribution is 5.94. The third-order valence-electron chi connectivity index (χ3n) is 4.83. The summed E-state index contributed by atoms with van der Waals surface area (Å²) in [5, 5.41) is 4.21. The van der Waals surface area contributed by atoms with Gasteiger partial charge in [-0.1, -0.05) is 53.7 Å². The summed E-state index contributed by atoms with van der Waals surface area (Å²) < 4.78 is 5.48. The van der Waals surface area contributed by atoms with E-state index in [1.807, 2.05) is 71.6 Å². The lowest BCUT2D eigenvalue weighted by molar-refractivity contribution is -0.917. The highest BCUT2D eigenvalue weighted by Gasteiger charge is 2.25. The molecule has 0 radical (unpaired) electrons. The molecule has 1 fully saturated rings. The van der Waals surface area contributed by atoms with E-state index in [0.29, 0.717) is 0 Å². The molecule has 2 heterocycles. The number of benzene rings is 2. The second-order valence-electron chi connectivity index (χ2n) is 6.63. The number of amides is 1. The van der Waals surface area contributed by atoms with Crippen molar-refractivity contribution in [3.05, 3.63) is 78.0 Å². The van der Waals surface area contributed by atoms with Crippen molar-refractivity contribution in [3.8, 4) is 11.3 Å². The third kappa shape index (κ3) is 3.68. The van der Waals surface area contributed by atoms with Crippen LogP contribution in [0.15, 0.2) is 71.3 Å². The second kappa shape index (κ2) is 7.54. The molecule has 5 heteroatoms. The minimum Gasteiger partial charge on any atom is -0.356 e. The average Bonchev–Trinajstić information content (AvgIpc) is 3.18. The van der Waals surface area contributed by atoms with Gasteiger partial charge in [-0.25, -0.2) is 0 Å². The molecule has 0 atom stereocenters. The van der Waals surface area contributed by atoms with Gasteiger partial charge >= 0.3 is 0 Å². The van der Waals surface area contributed by atoms with Crippen molar-refractivity contribution in [1.82, 2.24) is 10.1 Å². The smallest absolute Gasteiger partial charge is 0.254 e. The topological polar surface area (TPSA) is 50.8 Å². The Bertz CT molecular complexity index is 853. The maximum atomic E-state index is 12.5. The number of aromatic nitrogens is 1. The minimum absolute atomic E-state index is 0.123. The maximum Gasteiger partial charge on any atom is 0.254 e. The Hall–Kier alpha value is -2.92. The predicted molar refractivity (Wildman–Crippen MR) is 98.7 cm³/mol. The van der Waals surface area contributed by atoms with Gasteiger partial charge in [-0.05, 0) is 12.1 Å². The summed E-state index contributed by atoms with van der Waals surface area (Å²) in [5.74, 6) is 0.926. The van der Waals surface area contributed by atoms with Crippen molar-refractivity contribution in [1.29, 1.82) is 0 Å². The van der Waals surface area contributed by atoms with Crippen LogP contribution in [0.4, 0.5) is 0 Å². The van der Waals surface area contributed by atoms with Crippen LogP contribution >= 0.6 is 0 Å². The van der Waals surface area contributed by atoms with Gasteiger partial charge in [-0.3, -0.25) is 4.79 Å². The zero-order chi connectivity index (χ0) is 17.8. The first-order valence-electron chi connectivity index (χ1n) is 8.98. The molecule has 3 aromatic rings. The second-order valence-corrected chi connectivity index (χ2v) is 6.63. The summed E-state index contributed by atoms with van der Waals surface area (Å²) in [6.07, 6.45) is 0. The van der Waals surface area contributed by atoms with Gasteiger partial charge < -0.3 is 14.3 Å². The number of rotatable bonds is 4. The molecule has 1 amide bonds. The molecule has 4 rings (SSSR count). The van der Waals surface area contributed by atoms with Crippen LogP contribution in [0.2, 0.25) is 0 Å². The van der Waals surface area contributed by atoms with Gasteiger partial charge in [0.15, 0.2) is 5.76 Å². The number of piperazine rings is 1. The zero-order valence-corrected chi connectivity index (χ0v) is 14.6. The monoisotopic (exact) mass is 348 g/mol. The van der Waals surface area contributed by atoms with E-state index >= 15 is 0 Å². The van der Waals surface area contributed by atoms with Gasteiger partial charge in [0, 0.05) is 17.2 Å². The quantitative estimate of drug-likeness (QED) is 0.783. The van der Waals surface area contributed by atoms with Gasteiger partial charge in [0.25, 0.3) is 5.91 Å². The molecule has 0 unspecified atom stereocenters. The van der Waals surface area contributed by atoms with Crippen molar-refractivity contribution in [2.45, 2.75) is 6.54 Å². The molecule has 1 N–H and O–H groups in total. The van der Waals surface area contributed by atoms with Gasteiger partial charge in [-0.2, -0.15) is 0 Å². The number of nitrogens with one attached hydrogen (secondary N) is 1. The Morgan fingerprint density at radius 1 is 1.00 bits per heavy atom. The Balaban J connectivity index is 1.33. The Labute approximate surface area is 152 Å². The largest absolute Gasteiger partial charge is 0.356 e. The number of hydrogen-bond acceptors (Lipinski definition) is 3. The van der Waals surface area contributed by atoms with Crippen LogP contribution in [0.25, 0.3) is 11.3 Å². The van der Waals surface area contributed by atoms with Crippen LogP contribution in [0, 0.1) is 0 Å².